The smallest absolute Gasteiger partial charge is 0.273 e. The lowest BCUT2D eigenvalue weighted by Crippen LogP contribution is -1.94. The van der Waals surface area contributed by atoms with Crippen molar-refractivity contribution in [2.45, 2.75) is 5.33 Å². The van der Waals surface area contributed by atoms with Gasteiger partial charge in [0.15, 0.2) is 11.5 Å². The van der Waals surface area contributed by atoms with Crippen molar-refractivity contribution >= 4 is 21.6 Å². The fourth-order valence-electron chi connectivity index (χ4n) is 1.52. The van der Waals surface area contributed by atoms with Crippen LogP contribution in [-0.4, -0.2) is 17.0 Å². The van der Waals surface area contributed by atoms with Crippen LogP contribution in [0.1, 0.15) is 5.56 Å². The second kappa shape index (κ2) is 6.33. The molecule has 6 nitrogen and oxygen atoms in total. The van der Waals surface area contributed by atoms with Crippen LogP contribution in [0.4, 0.5) is 5.69 Å². The van der Waals surface area contributed by atoms with E-state index < -0.39 is 4.92 Å². The minimum absolute atomic E-state index is 0.0585. The van der Waals surface area contributed by atoms with Crippen LogP contribution in [0.15, 0.2) is 36.5 Å². The quantitative estimate of drug-likeness (QED) is 0.472. The Morgan fingerprint density at radius 3 is 2.65 bits per heavy atom. The van der Waals surface area contributed by atoms with Crippen molar-refractivity contribution in [2.24, 2.45) is 0 Å². The topological polar surface area (TPSA) is 74.5 Å². The third-order valence-electron chi connectivity index (χ3n) is 2.52. The molecule has 0 radical (unpaired) electrons. The number of aromatic nitrogens is 1. The zero-order valence-corrected chi connectivity index (χ0v) is 12.2. The van der Waals surface area contributed by atoms with E-state index in [0.717, 1.165) is 5.56 Å². The average Bonchev–Trinajstić information content (AvgIpc) is 2.48. The Morgan fingerprint density at radius 1 is 1.30 bits per heavy atom. The Kier molecular flexibility index (Phi) is 4.52. The van der Waals surface area contributed by atoms with E-state index in [1.807, 2.05) is 6.07 Å². The molecule has 2 aromatic rings. The van der Waals surface area contributed by atoms with E-state index in [-0.39, 0.29) is 11.4 Å². The van der Waals surface area contributed by atoms with Crippen molar-refractivity contribution in [3.63, 3.8) is 0 Å². The summed E-state index contributed by atoms with van der Waals surface area (Å²) in [6, 6.07) is 7.73. The summed E-state index contributed by atoms with van der Waals surface area (Å²) in [5.74, 6) is 1.05. The molecule has 0 amide bonds. The molecular formula is C13H11BrN2O4. The Bertz CT molecular complexity index is 616. The van der Waals surface area contributed by atoms with E-state index in [0.29, 0.717) is 17.0 Å². The number of methoxy groups -OCH3 is 1. The zero-order chi connectivity index (χ0) is 14.5. The molecule has 104 valence electrons. The van der Waals surface area contributed by atoms with Crippen molar-refractivity contribution in [3.8, 4) is 17.4 Å². The van der Waals surface area contributed by atoms with E-state index in [1.165, 1.54) is 25.3 Å². The molecule has 1 aromatic heterocycles. The molecule has 20 heavy (non-hydrogen) atoms. The van der Waals surface area contributed by atoms with Crippen LogP contribution >= 0.6 is 15.9 Å². The molecule has 2 rings (SSSR count). The molecule has 1 aromatic carbocycles. The highest BCUT2D eigenvalue weighted by molar-refractivity contribution is 9.08. The highest BCUT2D eigenvalue weighted by Crippen LogP contribution is 2.33. The summed E-state index contributed by atoms with van der Waals surface area (Å²) in [6.45, 7) is 0. The van der Waals surface area contributed by atoms with Crippen LogP contribution in [0.25, 0.3) is 0 Å². The summed E-state index contributed by atoms with van der Waals surface area (Å²) in [5, 5.41) is 11.4. The number of nitro benzene ring substituents is 1. The zero-order valence-electron chi connectivity index (χ0n) is 10.6. The van der Waals surface area contributed by atoms with Gasteiger partial charge in [-0.2, -0.15) is 0 Å². The number of non-ortho nitro benzene ring substituents is 1. The fraction of sp³-hybridized carbons (Fsp3) is 0.154. The third-order valence-corrected chi connectivity index (χ3v) is 3.17. The Hall–Kier alpha value is -2.15. The van der Waals surface area contributed by atoms with Crippen LogP contribution < -0.4 is 9.47 Å². The SMILES string of the molecule is COc1cc([N+](=O)[O-])ccc1Oc1ccc(CBr)cn1. The van der Waals surface area contributed by atoms with Crippen LogP contribution in [0, 0.1) is 10.1 Å². The van der Waals surface area contributed by atoms with Gasteiger partial charge in [-0.25, -0.2) is 4.98 Å². The summed E-state index contributed by atoms with van der Waals surface area (Å²) in [6.07, 6.45) is 1.68. The Morgan fingerprint density at radius 2 is 2.10 bits per heavy atom. The molecular weight excluding hydrogens is 328 g/mol. The molecule has 0 aliphatic heterocycles. The van der Waals surface area contributed by atoms with Crippen molar-refractivity contribution in [1.82, 2.24) is 4.98 Å². The largest absolute Gasteiger partial charge is 0.493 e. The highest BCUT2D eigenvalue weighted by atomic mass is 79.9. The molecule has 1 heterocycles. The van der Waals surface area contributed by atoms with Gasteiger partial charge in [-0.3, -0.25) is 10.1 Å². The van der Waals surface area contributed by atoms with Gasteiger partial charge >= 0.3 is 0 Å². The molecule has 0 saturated carbocycles. The summed E-state index contributed by atoms with van der Waals surface area (Å²) < 4.78 is 10.6. The van der Waals surface area contributed by atoms with Crippen LogP contribution in [0.2, 0.25) is 0 Å². The van der Waals surface area contributed by atoms with Crippen LogP contribution in [0.3, 0.4) is 0 Å². The standard InChI is InChI=1S/C13H11BrN2O4/c1-19-12-6-10(16(17)18)3-4-11(12)20-13-5-2-9(7-14)8-15-13/h2-6,8H,7H2,1H3. The van der Waals surface area contributed by atoms with Crippen molar-refractivity contribution in [2.75, 3.05) is 7.11 Å². The maximum absolute atomic E-state index is 10.7. The number of nitrogens with zero attached hydrogens (tertiary/aromatic N) is 2. The summed E-state index contributed by atoms with van der Waals surface area (Å²) in [4.78, 5) is 14.3. The maximum atomic E-state index is 10.7. The molecule has 0 aliphatic rings. The van der Waals surface area contributed by atoms with Crippen molar-refractivity contribution < 1.29 is 14.4 Å². The lowest BCUT2D eigenvalue weighted by atomic mass is 10.3. The summed E-state index contributed by atoms with van der Waals surface area (Å²) in [7, 11) is 1.42. The minimum atomic E-state index is -0.491. The number of ether oxygens (including phenoxy) is 2. The normalized spacial score (nSPS) is 10.1. The maximum Gasteiger partial charge on any atom is 0.273 e. The van der Waals surface area contributed by atoms with Gasteiger partial charge in [0.1, 0.15) is 0 Å². The number of hydrogen-bond donors (Lipinski definition) is 0. The Labute approximate surface area is 123 Å². The number of hydrogen-bond acceptors (Lipinski definition) is 5. The lowest BCUT2D eigenvalue weighted by molar-refractivity contribution is -0.384. The van der Waals surface area contributed by atoms with Gasteiger partial charge < -0.3 is 9.47 Å². The molecule has 0 unspecified atom stereocenters. The van der Waals surface area contributed by atoms with E-state index in [4.69, 9.17) is 9.47 Å². The van der Waals surface area contributed by atoms with Gasteiger partial charge in [0, 0.05) is 23.7 Å². The molecule has 7 heteroatoms. The van der Waals surface area contributed by atoms with Gasteiger partial charge in [0.05, 0.1) is 18.1 Å². The lowest BCUT2D eigenvalue weighted by Gasteiger charge is -2.09. The molecule has 0 saturated heterocycles. The number of alkyl halides is 1. The predicted octanol–water partition coefficient (Wildman–Crippen LogP) is 3.69. The van der Waals surface area contributed by atoms with E-state index in [1.54, 1.807) is 12.3 Å². The monoisotopic (exact) mass is 338 g/mol. The van der Waals surface area contributed by atoms with E-state index in [9.17, 15) is 10.1 Å². The van der Waals surface area contributed by atoms with Gasteiger partial charge in [0.2, 0.25) is 5.88 Å². The average molecular weight is 339 g/mol. The first-order chi connectivity index (χ1) is 9.63. The van der Waals surface area contributed by atoms with Crippen molar-refractivity contribution in [3.05, 3.63) is 52.2 Å². The molecule has 0 bridgehead atoms. The first kappa shape index (κ1) is 14.3. The van der Waals surface area contributed by atoms with Crippen LogP contribution in [0.5, 0.6) is 17.4 Å². The molecule has 0 aliphatic carbocycles. The minimum Gasteiger partial charge on any atom is -0.493 e. The number of pyridine rings is 1. The second-order valence-electron chi connectivity index (χ2n) is 3.83. The summed E-state index contributed by atoms with van der Waals surface area (Å²) in [5.41, 5.74) is 0.963. The van der Waals surface area contributed by atoms with Gasteiger partial charge in [-0.15, -0.1) is 0 Å². The fourth-order valence-corrected chi connectivity index (χ4v) is 1.85. The molecule has 0 atom stereocenters. The summed E-state index contributed by atoms with van der Waals surface area (Å²) >= 11 is 3.33. The predicted molar refractivity (Wildman–Crippen MR) is 76.6 cm³/mol. The third kappa shape index (κ3) is 3.24. The van der Waals surface area contributed by atoms with E-state index >= 15 is 0 Å². The van der Waals surface area contributed by atoms with Gasteiger partial charge in [-0.1, -0.05) is 22.0 Å². The first-order valence-corrected chi connectivity index (χ1v) is 6.77. The number of rotatable bonds is 5. The van der Waals surface area contributed by atoms with Gasteiger partial charge in [-0.05, 0) is 11.6 Å². The van der Waals surface area contributed by atoms with E-state index in [2.05, 4.69) is 20.9 Å². The number of halogens is 1. The van der Waals surface area contributed by atoms with Crippen LogP contribution in [-0.2, 0) is 5.33 Å². The molecule has 0 N–H and O–H groups in total. The number of benzene rings is 1. The molecule has 0 spiro atoms. The molecule has 0 fully saturated rings. The highest BCUT2D eigenvalue weighted by Gasteiger charge is 2.13. The Balaban J connectivity index is 2.25. The number of nitro groups is 1. The van der Waals surface area contributed by atoms with Gasteiger partial charge in [0.25, 0.3) is 5.69 Å². The first-order valence-electron chi connectivity index (χ1n) is 5.65. The van der Waals surface area contributed by atoms with Crippen molar-refractivity contribution in [1.29, 1.82) is 0 Å². The second-order valence-corrected chi connectivity index (χ2v) is 4.39.